The van der Waals surface area contributed by atoms with Crippen LogP contribution in [0.15, 0.2) is 0 Å². The molecule has 0 spiro atoms. The molecule has 10 heavy (non-hydrogen) atoms. The van der Waals surface area contributed by atoms with Crippen molar-refractivity contribution >= 4 is 0 Å². The van der Waals surface area contributed by atoms with Crippen molar-refractivity contribution in [1.29, 1.82) is 0 Å². The Kier molecular flexibility index (Phi) is 4.47. The molecule has 0 bridgehead atoms. The molecule has 1 aliphatic rings. The third-order valence-corrected chi connectivity index (χ3v) is 0.803. The van der Waals surface area contributed by atoms with E-state index in [0.717, 1.165) is 0 Å². The predicted molar refractivity (Wildman–Crippen MR) is 33.1 cm³/mol. The number of ether oxygens (including phenoxy) is 2. The van der Waals surface area contributed by atoms with Gasteiger partial charge in [0, 0.05) is 6.92 Å². The second-order valence-corrected chi connectivity index (χ2v) is 1.80. The fourth-order valence-corrected chi connectivity index (χ4v) is 0.490. The smallest absolute Gasteiger partial charge is 0.317 e. The Bertz CT molecular complexity index is 77.8. The molecule has 0 aromatic rings. The van der Waals surface area contributed by atoms with Crippen molar-refractivity contribution in [2.24, 2.45) is 0 Å². The summed E-state index contributed by atoms with van der Waals surface area (Å²) in [6.07, 6.45) is 0. The van der Waals surface area contributed by atoms with Gasteiger partial charge in [-0.15, -0.1) is 0 Å². The molecule has 0 unspecified atom stereocenters. The number of hydrogen-bond acceptors (Lipinski definition) is 2. The van der Waals surface area contributed by atoms with Crippen molar-refractivity contribution in [3.05, 3.63) is 0 Å². The Morgan fingerprint density at radius 2 is 1.70 bits per heavy atom. The van der Waals surface area contributed by atoms with Gasteiger partial charge in [-0.25, -0.2) is 0 Å². The first-order valence-electron chi connectivity index (χ1n) is 3.15. The Labute approximate surface area is 59.1 Å². The van der Waals surface area contributed by atoms with E-state index < -0.39 is 6.04 Å². The molecule has 0 radical (unpaired) electrons. The second kappa shape index (κ2) is 4.57. The van der Waals surface area contributed by atoms with E-state index in [1.807, 2.05) is 0 Å². The minimum Gasteiger partial charge on any atom is -0.322 e. The highest BCUT2D eigenvalue weighted by Gasteiger charge is 2.29. The molecule has 1 fully saturated rings. The number of alkyl halides is 2. The molecule has 62 valence electrons. The number of rotatable bonds is 0. The predicted octanol–water partition coefficient (Wildman–Crippen LogP) is 1.65. The maximum Gasteiger partial charge on any atom is 0.317 e. The number of halogens is 2. The molecular formula is C6H12F2O2. The molecule has 1 aliphatic heterocycles. The molecule has 0 atom stereocenters. The van der Waals surface area contributed by atoms with Gasteiger partial charge in [0.05, 0.1) is 19.9 Å². The first-order valence-corrected chi connectivity index (χ1v) is 3.15. The zero-order chi connectivity index (χ0) is 8.04. The average Bonchev–Trinajstić information content (AvgIpc) is 2.16. The Balaban J connectivity index is 0.000000236. The fourth-order valence-electron chi connectivity index (χ4n) is 0.490. The standard InChI is InChI=1S/C4H7FO2.C2H5F/c1-4(5)6-2-3-7-4;1-2-3/h2-3H2,1H3;2H2,1H3. The van der Waals surface area contributed by atoms with E-state index in [9.17, 15) is 8.78 Å². The average molecular weight is 154 g/mol. The largest absolute Gasteiger partial charge is 0.322 e. The normalized spacial score (nSPS) is 21.6. The van der Waals surface area contributed by atoms with Crippen LogP contribution in [0.5, 0.6) is 0 Å². The van der Waals surface area contributed by atoms with E-state index in [-0.39, 0.29) is 6.67 Å². The van der Waals surface area contributed by atoms with E-state index in [4.69, 9.17) is 0 Å². The van der Waals surface area contributed by atoms with Crippen LogP contribution in [0.4, 0.5) is 8.78 Å². The summed E-state index contributed by atoms with van der Waals surface area (Å²) in [5.74, 6) is 0. The fraction of sp³-hybridized carbons (Fsp3) is 1.00. The highest BCUT2D eigenvalue weighted by molar-refractivity contribution is 4.50. The second-order valence-electron chi connectivity index (χ2n) is 1.80. The molecule has 1 rings (SSSR count). The quantitative estimate of drug-likeness (QED) is 0.528. The highest BCUT2D eigenvalue weighted by Crippen LogP contribution is 2.18. The molecule has 0 aliphatic carbocycles. The van der Waals surface area contributed by atoms with Gasteiger partial charge in [0.1, 0.15) is 0 Å². The van der Waals surface area contributed by atoms with Crippen LogP contribution in [-0.4, -0.2) is 25.9 Å². The minimum absolute atomic E-state index is 0.250. The van der Waals surface area contributed by atoms with Crippen LogP contribution in [0, 0.1) is 0 Å². The monoisotopic (exact) mass is 154 g/mol. The van der Waals surface area contributed by atoms with Crippen molar-refractivity contribution in [1.82, 2.24) is 0 Å². The summed E-state index contributed by atoms with van der Waals surface area (Å²) < 4.78 is 31.4. The zero-order valence-electron chi connectivity index (χ0n) is 6.19. The van der Waals surface area contributed by atoms with Crippen molar-refractivity contribution in [3.63, 3.8) is 0 Å². The van der Waals surface area contributed by atoms with Crippen molar-refractivity contribution in [2.75, 3.05) is 19.9 Å². The van der Waals surface area contributed by atoms with E-state index in [1.165, 1.54) is 13.8 Å². The van der Waals surface area contributed by atoms with Crippen LogP contribution < -0.4 is 0 Å². The van der Waals surface area contributed by atoms with Crippen LogP contribution in [0.25, 0.3) is 0 Å². The summed E-state index contributed by atoms with van der Waals surface area (Å²) in [4.78, 5) is 0. The van der Waals surface area contributed by atoms with Crippen LogP contribution in [-0.2, 0) is 9.47 Å². The molecule has 2 nitrogen and oxygen atoms in total. The van der Waals surface area contributed by atoms with Gasteiger partial charge in [-0.05, 0) is 6.92 Å². The summed E-state index contributed by atoms with van der Waals surface area (Å²) >= 11 is 0. The van der Waals surface area contributed by atoms with Gasteiger partial charge in [0.15, 0.2) is 0 Å². The molecular weight excluding hydrogens is 142 g/mol. The summed E-state index contributed by atoms with van der Waals surface area (Å²) in [5.41, 5.74) is 0. The summed E-state index contributed by atoms with van der Waals surface area (Å²) in [7, 11) is 0. The van der Waals surface area contributed by atoms with E-state index >= 15 is 0 Å². The lowest BCUT2D eigenvalue weighted by Crippen LogP contribution is -2.16. The lowest BCUT2D eigenvalue weighted by atomic mass is 10.7. The van der Waals surface area contributed by atoms with Gasteiger partial charge >= 0.3 is 6.04 Å². The lowest BCUT2D eigenvalue weighted by Gasteiger charge is -2.08. The highest BCUT2D eigenvalue weighted by atomic mass is 19.2. The first-order chi connectivity index (χ1) is 4.62. The summed E-state index contributed by atoms with van der Waals surface area (Å²) in [6.45, 7) is 3.19. The van der Waals surface area contributed by atoms with Gasteiger partial charge in [-0.2, -0.15) is 4.39 Å². The van der Waals surface area contributed by atoms with E-state index in [0.29, 0.717) is 13.2 Å². The molecule has 1 heterocycles. The van der Waals surface area contributed by atoms with Crippen LogP contribution >= 0.6 is 0 Å². The Morgan fingerprint density at radius 3 is 1.80 bits per heavy atom. The van der Waals surface area contributed by atoms with Crippen molar-refractivity contribution in [2.45, 2.75) is 19.9 Å². The molecule has 0 amide bonds. The summed E-state index contributed by atoms with van der Waals surface area (Å²) in [6, 6.07) is -1.81. The maximum absolute atomic E-state index is 12.2. The zero-order valence-corrected chi connectivity index (χ0v) is 6.19. The SMILES string of the molecule is CC1(F)OCCO1.CCF. The molecule has 0 aromatic heterocycles. The molecule has 4 heteroatoms. The molecule has 0 saturated carbocycles. The molecule has 1 saturated heterocycles. The van der Waals surface area contributed by atoms with Gasteiger partial charge < -0.3 is 9.47 Å². The topological polar surface area (TPSA) is 18.5 Å². The van der Waals surface area contributed by atoms with E-state index in [2.05, 4.69) is 9.47 Å². The van der Waals surface area contributed by atoms with Gasteiger partial charge in [0.2, 0.25) is 0 Å². The maximum atomic E-state index is 12.2. The number of hydrogen-bond donors (Lipinski definition) is 0. The van der Waals surface area contributed by atoms with Crippen LogP contribution in [0.3, 0.4) is 0 Å². The van der Waals surface area contributed by atoms with Crippen molar-refractivity contribution in [3.8, 4) is 0 Å². The first kappa shape index (κ1) is 9.78. The van der Waals surface area contributed by atoms with Gasteiger partial charge in [0.25, 0.3) is 0 Å². The lowest BCUT2D eigenvalue weighted by molar-refractivity contribution is -0.238. The minimum atomic E-state index is -1.81. The Hall–Kier alpha value is -0.220. The van der Waals surface area contributed by atoms with Crippen molar-refractivity contribution < 1.29 is 18.3 Å². The third-order valence-electron chi connectivity index (χ3n) is 0.803. The third kappa shape index (κ3) is 4.64. The van der Waals surface area contributed by atoms with Gasteiger partial charge in [-0.3, -0.25) is 4.39 Å². The van der Waals surface area contributed by atoms with E-state index in [1.54, 1.807) is 0 Å². The van der Waals surface area contributed by atoms with Crippen LogP contribution in [0.2, 0.25) is 0 Å². The van der Waals surface area contributed by atoms with Gasteiger partial charge in [-0.1, -0.05) is 0 Å². The van der Waals surface area contributed by atoms with Crippen LogP contribution in [0.1, 0.15) is 13.8 Å². The molecule has 0 N–H and O–H groups in total. The Morgan fingerprint density at radius 1 is 1.40 bits per heavy atom. The summed E-state index contributed by atoms with van der Waals surface area (Å²) in [5, 5.41) is 0. The molecule has 0 aromatic carbocycles.